The smallest absolute Gasteiger partial charge is 0.184 e. The van der Waals surface area contributed by atoms with Crippen LogP contribution in [0, 0.1) is 5.92 Å². The predicted molar refractivity (Wildman–Crippen MR) is 72.4 cm³/mol. The fourth-order valence-corrected chi connectivity index (χ4v) is 2.40. The number of nitrogens with zero attached hydrogens (tertiary/aromatic N) is 1. The number of pyridine rings is 1. The Kier molecular flexibility index (Phi) is 3.03. The van der Waals surface area contributed by atoms with E-state index in [-0.39, 0.29) is 11.7 Å². The number of rotatable bonds is 4. The molecule has 3 nitrogen and oxygen atoms in total. The second-order valence-electron chi connectivity index (χ2n) is 4.80. The minimum Gasteiger partial charge on any atom is -0.497 e. The third kappa shape index (κ3) is 2.36. The molecule has 0 saturated heterocycles. The van der Waals surface area contributed by atoms with Crippen molar-refractivity contribution in [3.63, 3.8) is 0 Å². The van der Waals surface area contributed by atoms with E-state index in [9.17, 15) is 4.79 Å². The van der Waals surface area contributed by atoms with Crippen molar-refractivity contribution in [2.75, 3.05) is 7.11 Å². The van der Waals surface area contributed by atoms with Crippen molar-refractivity contribution in [2.24, 2.45) is 5.92 Å². The Hall–Kier alpha value is -2.16. The van der Waals surface area contributed by atoms with Gasteiger partial charge in [0.25, 0.3) is 0 Å². The Balaban J connectivity index is 1.72. The van der Waals surface area contributed by atoms with E-state index in [0.29, 0.717) is 11.6 Å². The highest BCUT2D eigenvalue weighted by molar-refractivity contribution is 5.98. The van der Waals surface area contributed by atoms with Gasteiger partial charge in [0, 0.05) is 12.1 Å². The molecular formula is C16H15NO2. The first kappa shape index (κ1) is 11.9. The zero-order valence-corrected chi connectivity index (χ0v) is 10.7. The van der Waals surface area contributed by atoms with E-state index in [1.165, 1.54) is 5.56 Å². The number of methoxy groups -OCH3 is 1. The van der Waals surface area contributed by atoms with Gasteiger partial charge in [-0.25, -0.2) is 0 Å². The van der Waals surface area contributed by atoms with Crippen LogP contribution >= 0.6 is 0 Å². The standard InChI is InChI=1S/C16H15NO2/c1-19-12-7-5-11(6-8-12)13-10-14(13)16(18)15-4-2-3-9-17-15/h2-9,13-14H,10H2,1H3/t13-,14-/m1/s1. The highest BCUT2D eigenvalue weighted by Crippen LogP contribution is 2.49. The molecule has 0 aliphatic heterocycles. The zero-order chi connectivity index (χ0) is 13.2. The summed E-state index contributed by atoms with van der Waals surface area (Å²) in [6.07, 6.45) is 2.58. The van der Waals surface area contributed by atoms with Crippen molar-refractivity contribution >= 4 is 5.78 Å². The van der Waals surface area contributed by atoms with Gasteiger partial charge >= 0.3 is 0 Å². The average molecular weight is 253 g/mol. The molecule has 1 aliphatic rings. The number of hydrogen-bond acceptors (Lipinski definition) is 3. The van der Waals surface area contributed by atoms with E-state index in [2.05, 4.69) is 4.98 Å². The van der Waals surface area contributed by atoms with E-state index in [1.54, 1.807) is 19.4 Å². The van der Waals surface area contributed by atoms with Crippen molar-refractivity contribution in [2.45, 2.75) is 12.3 Å². The summed E-state index contributed by atoms with van der Waals surface area (Å²) < 4.78 is 5.14. The van der Waals surface area contributed by atoms with Crippen LogP contribution in [0.3, 0.4) is 0 Å². The third-order valence-corrected chi connectivity index (χ3v) is 3.59. The average Bonchev–Trinajstić information content (AvgIpc) is 3.28. The number of Topliss-reactive ketones (excluding diaryl/α,β-unsaturated/α-hetero) is 1. The van der Waals surface area contributed by atoms with Crippen molar-refractivity contribution in [1.29, 1.82) is 0 Å². The monoisotopic (exact) mass is 253 g/mol. The van der Waals surface area contributed by atoms with Gasteiger partial charge in [-0.3, -0.25) is 9.78 Å². The maximum absolute atomic E-state index is 12.2. The Bertz CT molecular complexity index is 577. The van der Waals surface area contributed by atoms with Crippen molar-refractivity contribution < 1.29 is 9.53 Å². The molecule has 3 rings (SSSR count). The molecule has 1 heterocycles. The second kappa shape index (κ2) is 4.84. The van der Waals surface area contributed by atoms with Gasteiger partial charge in [-0.1, -0.05) is 18.2 Å². The summed E-state index contributed by atoms with van der Waals surface area (Å²) in [6.45, 7) is 0. The fourth-order valence-electron chi connectivity index (χ4n) is 2.40. The summed E-state index contributed by atoms with van der Waals surface area (Å²) >= 11 is 0. The molecule has 1 saturated carbocycles. The number of ether oxygens (including phenoxy) is 1. The van der Waals surface area contributed by atoms with E-state index in [4.69, 9.17) is 4.74 Å². The van der Waals surface area contributed by atoms with Gasteiger partial charge in [-0.15, -0.1) is 0 Å². The van der Waals surface area contributed by atoms with Crippen LogP contribution in [0.4, 0.5) is 0 Å². The van der Waals surface area contributed by atoms with Crippen LogP contribution in [0.15, 0.2) is 48.7 Å². The van der Waals surface area contributed by atoms with Crippen molar-refractivity contribution in [3.05, 3.63) is 59.9 Å². The number of ketones is 1. The largest absolute Gasteiger partial charge is 0.497 e. The van der Waals surface area contributed by atoms with Gasteiger partial charge in [0.15, 0.2) is 5.78 Å². The molecule has 0 spiro atoms. The quantitative estimate of drug-likeness (QED) is 0.786. The van der Waals surface area contributed by atoms with E-state index >= 15 is 0 Å². The second-order valence-corrected chi connectivity index (χ2v) is 4.80. The SMILES string of the molecule is COc1ccc([C@H]2C[C@H]2C(=O)c2ccccn2)cc1. The third-order valence-electron chi connectivity index (χ3n) is 3.59. The van der Waals surface area contributed by atoms with Gasteiger partial charge in [0.1, 0.15) is 11.4 Å². The first-order valence-electron chi connectivity index (χ1n) is 6.39. The summed E-state index contributed by atoms with van der Waals surface area (Å²) in [7, 11) is 1.65. The first-order chi connectivity index (χ1) is 9.29. The maximum Gasteiger partial charge on any atom is 0.184 e. The summed E-state index contributed by atoms with van der Waals surface area (Å²) in [5, 5.41) is 0. The summed E-state index contributed by atoms with van der Waals surface area (Å²) in [4.78, 5) is 16.4. The number of carbonyl (C=O) groups is 1. The van der Waals surface area contributed by atoms with Crippen LogP contribution < -0.4 is 4.74 Å². The Morgan fingerprint density at radius 1 is 1.21 bits per heavy atom. The zero-order valence-electron chi connectivity index (χ0n) is 10.7. The maximum atomic E-state index is 12.2. The predicted octanol–water partition coefficient (Wildman–Crippen LogP) is 3.08. The Morgan fingerprint density at radius 2 is 2.00 bits per heavy atom. The molecular weight excluding hydrogens is 238 g/mol. The Labute approximate surface area is 112 Å². The highest BCUT2D eigenvalue weighted by atomic mass is 16.5. The molecule has 96 valence electrons. The van der Waals surface area contributed by atoms with E-state index in [1.807, 2.05) is 36.4 Å². The van der Waals surface area contributed by atoms with Crippen LogP contribution in [-0.2, 0) is 0 Å². The lowest BCUT2D eigenvalue weighted by molar-refractivity contribution is 0.0960. The summed E-state index contributed by atoms with van der Waals surface area (Å²) in [5.41, 5.74) is 1.78. The van der Waals surface area contributed by atoms with Crippen LogP contribution in [-0.4, -0.2) is 17.9 Å². The van der Waals surface area contributed by atoms with Gasteiger partial charge in [0.05, 0.1) is 7.11 Å². The molecule has 0 amide bonds. The lowest BCUT2D eigenvalue weighted by Crippen LogP contribution is -2.05. The minimum atomic E-state index is 0.0864. The summed E-state index contributed by atoms with van der Waals surface area (Å²) in [5.74, 6) is 1.42. The molecule has 3 heteroatoms. The fraction of sp³-hybridized carbons (Fsp3) is 0.250. The molecule has 1 aromatic heterocycles. The van der Waals surface area contributed by atoms with Gasteiger partial charge in [-0.2, -0.15) is 0 Å². The lowest BCUT2D eigenvalue weighted by atomic mass is 10.1. The molecule has 0 N–H and O–H groups in total. The van der Waals surface area contributed by atoms with Gasteiger partial charge in [-0.05, 0) is 42.2 Å². The van der Waals surface area contributed by atoms with E-state index in [0.717, 1.165) is 12.2 Å². The highest BCUT2D eigenvalue weighted by Gasteiger charge is 2.44. The number of hydrogen-bond donors (Lipinski definition) is 0. The molecule has 2 aromatic rings. The minimum absolute atomic E-state index is 0.0864. The number of aromatic nitrogens is 1. The van der Waals surface area contributed by atoms with Crippen molar-refractivity contribution in [3.8, 4) is 5.75 Å². The lowest BCUT2D eigenvalue weighted by Gasteiger charge is -2.03. The van der Waals surface area contributed by atoms with E-state index < -0.39 is 0 Å². The summed E-state index contributed by atoms with van der Waals surface area (Å²) in [6, 6.07) is 13.4. The number of carbonyl (C=O) groups excluding carboxylic acids is 1. The number of benzene rings is 1. The van der Waals surface area contributed by atoms with Crippen LogP contribution in [0.5, 0.6) is 5.75 Å². The van der Waals surface area contributed by atoms with Crippen LogP contribution in [0.1, 0.15) is 28.4 Å². The topological polar surface area (TPSA) is 39.2 Å². The Morgan fingerprint density at radius 3 is 2.63 bits per heavy atom. The van der Waals surface area contributed by atoms with Crippen LogP contribution in [0.2, 0.25) is 0 Å². The van der Waals surface area contributed by atoms with Gasteiger partial charge in [0.2, 0.25) is 0 Å². The normalized spacial score (nSPS) is 20.9. The first-order valence-corrected chi connectivity index (χ1v) is 6.39. The molecule has 1 fully saturated rings. The molecule has 0 radical (unpaired) electrons. The molecule has 2 atom stereocenters. The molecule has 19 heavy (non-hydrogen) atoms. The molecule has 1 aromatic carbocycles. The van der Waals surface area contributed by atoms with Gasteiger partial charge < -0.3 is 4.74 Å². The molecule has 0 unspecified atom stereocenters. The van der Waals surface area contributed by atoms with Crippen molar-refractivity contribution in [1.82, 2.24) is 4.98 Å². The molecule has 1 aliphatic carbocycles. The molecule has 0 bridgehead atoms. The van der Waals surface area contributed by atoms with Crippen LogP contribution in [0.25, 0.3) is 0 Å².